The fraction of sp³-hybridized carbons (Fsp3) is 0.800. The molecule has 12 heteroatoms. The number of nitrogens with one attached hydrogen (secondary N) is 3. The van der Waals surface area contributed by atoms with Crippen molar-refractivity contribution in [1.29, 1.82) is 0 Å². The number of hydrogen-bond acceptors (Lipinski definition) is 6. The summed E-state index contributed by atoms with van der Waals surface area (Å²) in [6.07, 6.45) is 2.36. The molecule has 0 unspecified atom stereocenters. The molecule has 0 aliphatic heterocycles. The Morgan fingerprint density at radius 3 is 0.857 bits per heavy atom. The van der Waals surface area contributed by atoms with Crippen LogP contribution in [0.2, 0.25) is 0 Å². The van der Waals surface area contributed by atoms with E-state index in [-0.39, 0.29) is 56.3 Å². The fourth-order valence-electron chi connectivity index (χ4n) is 5.10. The Balaban J connectivity index is 3.19. The summed E-state index contributed by atoms with van der Waals surface area (Å²) >= 11 is 0. The van der Waals surface area contributed by atoms with E-state index in [1.54, 1.807) is 0 Å². The molecule has 1 saturated carbocycles. The number of carbonyl (C=O) groups is 6. The second kappa shape index (κ2) is 17.7. The lowest BCUT2D eigenvalue weighted by Crippen LogP contribution is -2.51. The van der Waals surface area contributed by atoms with Gasteiger partial charge in [-0.25, -0.2) is 14.4 Å². The number of amides is 3. The number of carbonyl (C=O) groups excluding carboxylic acids is 3. The van der Waals surface area contributed by atoms with Crippen molar-refractivity contribution in [2.24, 2.45) is 35.5 Å². The topological polar surface area (TPSA) is 199 Å². The first kappa shape index (κ1) is 36.8. The number of hydrogen-bond donors (Lipinski definition) is 6. The first-order valence-electron chi connectivity index (χ1n) is 15.1. The van der Waals surface area contributed by atoms with Crippen LogP contribution in [-0.4, -0.2) is 69.1 Å². The van der Waals surface area contributed by atoms with Crippen molar-refractivity contribution in [2.75, 3.05) is 0 Å². The van der Waals surface area contributed by atoms with Gasteiger partial charge in [0.25, 0.3) is 0 Å². The van der Waals surface area contributed by atoms with Crippen LogP contribution in [0.25, 0.3) is 0 Å². The van der Waals surface area contributed by atoms with E-state index in [1.165, 1.54) is 0 Å². The van der Waals surface area contributed by atoms with E-state index < -0.39 is 71.5 Å². The fourth-order valence-corrected chi connectivity index (χ4v) is 5.10. The minimum Gasteiger partial charge on any atom is -0.480 e. The maximum atomic E-state index is 13.3. The third-order valence-electron chi connectivity index (χ3n) is 7.76. The lowest BCUT2D eigenvalue weighted by atomic mass is 9.73. The van der Waals surface area contributed by atoms with Crippen LogP contribution in [0.1, 0.15) is 99.3 Å². The van der Waals surface area contributed by atoms with E-state index in [0.29, 0.717) is 19.3 Å². The normalized spacial score (nSPS) is 20.9. The molecule has 0 bridgehead atoms. The molecular formula is C30H51N3O9. The summed E-state index contributed by atoms with van der Waals surface area (Å²) < 4.78 is 0. The molecule has 0 aromatic heterocycles. The Bertz CT molecular complexity index is 825. The Hall–Kier alpha value is -3.18. The zero-order valence-corrected chi connectivity index (χ0v) is 25.9. The molecule has 0 saturated heterocycles. The molecule has 1 aliphatic rings. The number of carboxylic acid groups (broad SMARTS) is 3. The molecule has 3 atom stereocenters. The van der Waals surface area contributed by atoms with Gasteiger partial charge in [-0.05, 0) is 75.5 Å². The smallest absolute Gasteiger partial charge is 0.326 e. The van der Waals surface area contributed by atoms with Crippen molar-refractivity contribution in [3.63, 3.8) is 0 Å². The van der Waals surface area contributed by atoms with E-state index in [2.05, 4.69) is 16.0 Å². The van der Waals surface area contributed by atoms with E-state index in [4.69, 9.17) is 0 Å². The van der Waals surface area contributed by atoms with Gasteiger partial charge in [-0.1, -0.05) is 41.5 Å². The summed E-state index contributed by atoms with van der Waals surface area (Å²) in [5, 5.41) is 36.6. The Labute approximate surface area is 248 Å². The molecule has 6 N–H and O–H groups in total. The van der Waals surface area contributed by atoms with Crippen molar-refractivity contribution in [3.8, 4) is 0 Å². The molecule has 0 aromatic carbocycles. The molecular weight excluding hydrogens is 546 g/mol. The van der Waals surface area contributed by atoms with Gasteiger partial charge in [-0.3, -0.25) is 14.4 Å². The van der Waals surface area contributed by atoms with Crippen molar-refractivity contribution in [1.82, 2.24) is 16.0 Å². The molecule has 0 heterocycles. The molecule has 1 fully saturated rings. The third kappa shape index (κ3) is 13.2. The highest BCUT2D eigenvalue weighted by atomic mass is 16.4. The van der Waals surface area contributed by atoms with Crippen LogP contribution in [-0.2, 0) is 28.8 Å². The van der Waals surface area contributed by atoms with E-state index in [0.717, 1.165) is 0 Å². The summed E-state index contributed by atoms with van der Waals surface area (Å²) in [7, 11) is 0. The summed E-state index contributed by atoms with van der Waals surface area (Å²) in [4.78, 5) is 75.3. The first-order valence-corrected chi connectivity index (χ1v) is 15.1. The number of rotatable bonds is 18. The Morgan fingerprint density at radius 2 is 0.690 bits per heavy atom. The van der Waals surface area contributed by atoms with E-state index in [1.807, 2.05) is 41.5 Å². The van der Waals surface area contributed by atoms with Crippen molar-refractivity contribution >= 4 is 35.6 Å². The van der Waals surface area contributed by atoms with Gasteiger partial charge in [0.05, 0.1) is 0 Å². The number of aliphatic carboxylic acids is 3. The van der Waals surface area contributed by atoms with Gasteiger partial charge < -0.3 is 31.3 Å². The second-order valence-corrected chi connectivity index (χ2v) is 12.9. The van der Waals surface area contributed by atoms with Crippen LogP contribution in [0, 0.1) is 35.5 Å². The van der Waals surface area contributed by atoms with Gasteiger partial charge in [-0.2, -0.15) is 0 Å². The van der Waals surface area contributed by atoms with Crippen molar-refractivity contribution < 1.29 is 44.1 Å². The largest absolute Gasteiger partial charge is 0.480 e. The van der Waals surface area contributed by atoms with Gasteiger partial charge in [0.15, 0.2) is 0 Å². The van der Waals surface area contributed by atoms with Gasteiger partial charge in [0.1, 0.15) is 18.1 Å². The molecule has 0 aromatic rings. The van der Waals surface area contributed by atoms with Crippen LogP contribution in [0.5, 0.6) is 0 Å². The average Bonchev–Trinajstić information content (AvgIpc) is 2.89. The van der Waals surface area contributed by atoms with Crippen LogP contribution in [0.4, 0.5) is 0 Å². The van der Waals surface area contributed by atoms with Crippen molar-refractivity contribution in [2.45, 2.75) is 117 Å². The Kier molecular flexibility index (Phi) is 15.5. The zero-order chi connectivity index (χ0) is 32.1. The van der Waals surface area contributed by atoms with E-state index in [9.17, 15) is 44.1 Å². The predicted molar refractivity (Wildman–Crippen MR) is 155 cm³/mol. The summed E-state index contributed by atoms with van der Waals surface area (Å²) in [5.74, 6) is -7.42. The quantitative estimate of drug-likeness (QED) is 0.137. The van der Waals surface area contributed by atoms with Crippen LogP contribution in [0.3, 0.4) is 0 Å². The molecule has 0 spiro atoms. The predicted octanol–water partition coefficient (Wildman–Crippen LogP) is 3.04. The Morgan fingerprint density at radius 1 is 0.476 bits per heavy atom. The standard InChI is InChI=1S/C30H51N3O9/c1-16(2)7-10-22(28(37)38)31-25(34)19-13-20(26(35)32-23(29(39)40)11-8-17(3)4)15-21(14-19)27(36)33-24(30(41)42)12-9-18(5)6/h16-24H,7-15H2,1-6H3,(H,31,34)(H,32,35)(H,33,36)(H,37,38)(H,39,40)(H,41,42)/t19?,20?,21?,22-,23-,24-/m0/s1. The molecule has 12 nitrogen and oxygen atoms in total. The van der Waals surface area contributed by atoms with E-state index >= 15 is 0 Å². The molecule has 3 amide bonds. The minimum atomic E-state index is -1.19. The summed E-state index contributed by atoms with van der Waals surface area (Å²) in [5.41, 5.74) is 0. The van der Waals surface area contributed by atoms with Crippen LogP contribution < -0.4 is 16.0 Å². The summed E-state index contributed by atoms with van der Waals surface area (Å²) in [6, 6.07) is -3.41. The first-order chi connectivity index (χ1) is 19.5. The zero-order valence-electron chi connectivity index (χ0n) is 25.9. The van der Waals surface area contributed by atoms with Crippen molar-refractivity contribution in [3.05, 3.63) is 0 Å². The van der Waals surface area contributed by atoms with Gasteiger partial charge in [0, 0.05) is 17.8 Å². The molecule has 1 rings (SSSR count). The maximum absolute atomic E-state index is 13.3. The minimum absolute atomic E-state index is 0.00416. The van der Waals surface area contributed by atoms with Gasteiger partial charge in [0.2, 0.25) is 17.7 Å². The molecule has 240 valence electrons. The molecule has 42 heavy (non-hydrogen) atoms. The van der Waals surface area contributed by atoms with Crippen LogP contribution in [0.15, 0.2) is 0 Å². The summed E-state index contributed by atoms with van der Waals surface area (Å²) in [6.45, 7) is 11.6. The van der Waals surface area contributed by atoms with Gasteiger partial charge >= 0.3 is 17.9 Å². The van der Waals surface area contributed by atoms with Gasteiger partial charge in [-0.15, -0.1) is 0 Å². The second-order valence-electron chi connectivity index (χ2n) is 12.9. The van der Waals surface area contributed by atoms with Crippen LogP contribution >= 0.6 is 0 Å². The SMILES string of the molecule is CC(C)CC[C@H](NC(=O)C1CC(C(=O)N[C@@H](CCC(C)C)C(=O)O)CC(C(=O)N[C@@H](CCC(C)C)C(=O)O)C1)C(=O)O. The maximum Gasteiger partial charge on any atom is 0.326 e. The highest BCUT2D eigenvalue weighted by Crippen LogP contribution is 2.35. The average molecular weight is 598 g/mol. The monoisotopic (exact) mass is 597 g/mol. The number of carboxylic acids is 3. The highest BCUT2D eigenvalue weighted by molar-refractivity contribution is 5.90. The highest BCUT2D eigenvalue weighted by Gasteiger charge is 2.41. The molecule has 0 radical (unpaired) electrons. The third-order valence-corrected chi connectivity index (χ3v) is 7.76. The lowest BCUT2D eigenvalue weighted by molar-refractivity contribution is -0.146. The lowest BCUT2D eigenvalue weighted by Gasteiger charge is -2.34. The molecule has 1 aliphatic carbocycles.